The monoisotopic (exact) mass is 396 g/mol. The number of rotatable bonds is 5. The summed E-state index contributed by atoms with van der Waals surface area (Å²) in [5.41, 5.74) is 3.83. The SMILES string of the molecule is COc1ccc(S(=O)(=O)N2CCc3cc(-c4ccncc4)ccc32)cc1OC. The van der Waals surface area contributed by atoms with Gasteiger partial charge < -0.3 is 9.47 Å². The third kappa shape index (κ3) is 3.07. The number of hydrogen-bond acceptors (Lipinski definition) is 5. The van der Waals surface area contributed by atoms with Crippen molar-refractivity contribution in [2.24, 2.45) is 0 Å². The van der Waals surface area contributed by atoms with Crippen molar-refractivity contribution < 1.29 is 17.9 Å². The Morgan fingerprint density at radius 2 is 1.64 bits per heavy atom. The van der Waals surface area contributed by atoms with Gasteiger partial charge in [-0.3, -0.25) is 9.29 Å². The summed E-state index contributed by atoms with van der Waals surface area (Å²) < 4.78 is 38.4. The number of aromatic nitrogens is 1. The molecule has 0 fully saturated rings. The minimum atomic E-state index is -3.70. The number of benzene rings is 2. The Bertz CT molecular complexity index is 1110. The van der Waals surface area contributed by atoms with Gasteiger partial charge in [0.2, 0.25) is 0 Å². The van der Waals surface area contributed by atoms with Crippen LogP contribution in [0.4, 0.5) is 5.69 Å². The van der Waals surface area contributed by atoms with Gasteiger partial charge in [0.15, 0.2) is 11.5 Å². The lowest BCUT2D eigenvalue weighted by atomic mass is 10.0. The predicted molar refractivity (Wildman–Crippen MR) is 107 cm³/mol. The molecule has 1 aromatic heterocycles. The number of sulfonamides is 1. The minimum absolute atomic E-state index is 0.177. The summed E-state index contributed by atoms with van der Waals surface area (Å²) in [5, 5.41) is 0. The maximum atomic E-state index is 13.2. The van der Waals surface area contributed by atoms with Gasteiger partial charge in [-0.25, -0.2) is 8.42 Å². The van der Waals surface area contributed by atoms with Crippen molar-refractivity contribution in [3.8, 4) is 22.6 Å². The summed E-state index contributed by atoms with van der Waals surface area (Å²) in [4.78, 5) is 4.22. The normalized spacial score (nSPS) is 13.3. The number of methoxy groups -OCH3 is 2. The van der Waals surface area contributed by atoms with Crippen LogP contribution in [0.3, 0.4) is 0 Å². The molecule has 0 amide bonds. The molecule has 6 nitrogen and oxygen atoms in total. The van der Waals surface area contributed by atoms with E-state index in [1.165, 1.54) is 24.6 Å². The molecule has 0 spiro atoms. The van der Waals surface area contributed by atoms with Crippen molar-refractivity contribution in [1.82, 2.24) is 4.98 Å². The van der Waals surface area contributed by atoms with Gasteiger partial charge >= 0.3 is 0 Å². The van der Waals surface area contributed by atoms with Crippen LogP contribution in [0.5, 0.6) is 11.5 Å². The highest BCUT2D eigenvalue weighted by Crippen LogP contribution is 2.37. The molecule has 1 aliphatic heterocycles. The van der Waals surface area contributed by atoms with E-state index in [1.807, 2.05) is 24.3 Å². The van der Waals surface area contributed by atoms with Gasteiger partial charge in [-0.1, -0.05) is 6.07 Å². The van der Waals surface area contributed by atoms with E-state index in [4.69, 9.17) is 9.47 Å². The van der Waals surface area contributed by atoms with Gasteiger partial charge in [0.25, 0.3) is 10.0 Å². The zero-order valence-corrected chi connectivity index (χ0v) is 16.4. The fourth-order valence-electron chi connectivity index (χ4n) is 3.45. The predicted octanol–water partition coefficient (Wildman–Crippen LogP) is 3.52. The molecular formula is C21H20N2O4S. The van der Waals surface area contributed by atoms with Crippen molar-refractivity contribution in [2.45, 2.75) is 11.3 Å². The summed E-state index contributed by atoms with van der Waals surface area (Å²) in [7, 11) is -0.696. The highest BCUT2D eigenvalue weighted by molar-refractivity contribution is 7.92. The number of nitrogens with zero attached hydrogens (tertiary/aromatic N) is 2. The summed E-state index contributed by atoms with van der Waals surface area (Å²) in [6.45, 7) is 0.409. The van der Waals surface area contributed by atoms with Gasteiger partial charge in [-0.15, -0.1) is 0 Å². The summed E-state index contributed by atoms with van der Waals surface area (Å²) in [5.74, 6) is 0.876. The lowest BCUT2D eigenvalue weighted by Crippen LogP contribution is -2.29. The van der Waals surface area contributed by atoms with E-state index in [0.717, 1.165) is 16.7 Å². The lowest BCUT2D eigenvalue weighted by molar-refractivity contribution is 0.354. The standard InChI is InChI=1S/C21H20N2O4S/c1-26-20-6-4-18(14-21(20)27-2)28(24,25)23-12-9-17-13-16(3-5-19(17)23)15-7-10-22-11-8-15/h3-8,10-11,13-14H,9,12H2,1-2H3. The molecular weight excluding hydrogens is 376 g/mol. The van der Waals surface area contributed by atoms with Crippen LogP contribution < -0.4 is 13.8 Å². The van der Waals surface area contributed by atoms with Crippen LogP contribution in [0.15, 0.2) is 65.8 Å². The lowest BCUT2D eigenvalue weighted by Gasteiger charge is -2.20. The fraction of sp³-hybridized carbons (Fsp3) is 0.190. The number of anilines is 1. The average Bonchev–Trinajstić information content (AvgIpc) is 3.18. The zero-order chi connectivity index (χ0) is 19.7. The largest absolute Gasteiger partial charge is 0.493 e. The summed E-state index contributed by atoms with van der Waals surface area (Å²) >= 11 is 0. The fourth-order valence-corrected chi connectivity index (χ4v) is 4.97. The molecule has 0 N–H and O–H groups in total. The number of pyridine rings is 1. The van der Waals surface area contributed by atoms with Crippen molar-refractivity contribution in [1.29, 1.82) is 0 Å². The Labute approximate surface area is 164 Å². The maximum absolute atomic E-state index is 13.2. The van der Waals surface area contributed by atoms with Gasteiger partial charge in [0.1, 0.15) is 0 Å². The van der Waals surface area contributed by atoms with E-state index in [9.17, 15) is 8.42 Å². The third-order valence-electron chi connectivity index (χ3n) is 4.89. The van der Waals surface area contributed by atoms with E-state index in [1.54, 1.807) is 24.5 Å². The van der Waals surface area contributed by atoms with Crippen LogP contribution in [0.1, 0.15) is 5.56 Å². The number of hydrogen-bond donors (Lipinski definition) is 0. The van der Waals surface area contributed by atoms with E-state index in [-0.39, 0.29) is 4.90 Å². The number of fused-ring (bicyclic) bond motifs is 1. The molecule has 1 aliphatic rings. The summed E-state index contributed by atoms with van der Waals surface area (Å²) in [6, 6.07) is 14.4. The van der Waals surface area contributed by atoms with Gasteiger partial charge in [0, 0.05) is 25.0 Å². The Morgan fingerprint density at radius 1 is 0.893 bits per heavy atom. The molecule has 7 heteroatoms. The second-order valence-corrected chi connectivity index (χ2v) is 8.29. The zero-order valence-electron chi connectivity index (χ0n) is 15.6. The molecule has 4 rings (SSSR count). The molecule has 0 saturated carbocycles. The highest BCUT2D eigenvalue weighted by Gasteiger charge is 2.31. The molecule has 2 aromatic carbocycles. The Hall–Kier alpha value is -3.06. The van der Waals surface area contributed by atoms with Crippen molar-refractivity contribution in [3.05, 3.63) is 66.5 Å². The first-order chi connectivity index (χ1) is 13.5. The minimum Gasteiger partial charge on any atom is -0.493 e. The van der Waals surface area contributed by atoms with E-state index >= 15 is 0 Å². The first kappa shape index (κ1) is 18.3. The molecule has 28 heavy (non-hydrogen) atoms. The Balaban J connectivity index is 1.71. The van der Waals surface area contributed by atoms with Crippen molar-refractivity contribution in [3.63, 3.8) is 0 Å². The summed E-state index contributed by atoms with van der Waals surface area (Å²) in [6.07, 6.45) is 4.16. The molecule has 3 aromatic rings. The smallest absolute Gasteiger partial charge is 0.264 e. The van der Waals surface area contributed by atoms with Crippen LogP contribution in [-0.4, -0.2) is 34.2 Å². The molecule has 0 aliphatic carbocycles. The van der Waals surface area contributed by atoms with Gasteiger partial charge in [-0.05, 0) is 59.5 Å². The van der Waals surface area contributed by atoms with E-state index < -0.39 is 10.0 Å². The third-order valence-corrected chi connectivity index (χ3v) is 6.70. The van der Waals surface area contributed by atoms with Crippen molar-refractivity contribution in [2.75, 3.05) is 25.1 Å². The number of ether oxygens (including phenoxy) is 2. The van der Waals surface area contributed by atoms with E-state index in [0.29, 0.717) is 30.2 Å². The molecule has 0 unspecified atom stereocenters. The van der Waals surface area contributed by atoms with Crippen molar-refractivity contribution >= 4 is 15.7 Å². The van der Waals surface area contributed by atoms with Crippen LogP contribution in [0.2, 0.25) is 0 Å². The second-order valence-electron chi connectivity index (χ2n) is 6.42. The van der Waals surface area contributed by atoms with Crippen LogP contribution >= 0.6 is 0 Å². The topological polar surface area (TPSA) is 68.7 Å². The molecule has 0 bridgehead atoms. The van der Waals surface area contributed by atoms with Crippen LogP contribution in [0, 0.1) is 0 Å². The van der Waals surface area contributed by atoms with Crippen LogP contribution in [-0.2, 0) is 16.4 Å². The first-order valence-electron chi connectivity index (χ1n) is 8.82. The van der Waals surface area contributed by atoms with Gasteiger partial charge in [-0.2, -0.15) is 0 Å². The maximum Gasteiger partial charge on any atom is 0.264 e. The van der Waals surface area contributed by atoms with Crippen LogP contribution in [0.25, 0.3) is 11.1 Å². The second kappa shape index (κ2) is 7.16. The average molecular weight is 396 g/mol. The molecule has 2 heterocycles. The molecule has 0 radical (unpaired) electrons. The van der Waals surface area contributed by atoms with Gasteiger partial charge in [0.05, 0.1) is 24.8 Å². The highest BCUT2D eigenvalue weighted by atomic mass is 32.2. The quantitative estimate of drug-likeness (QED) is 0.660. The molecule has 0 atom stereocenters. The first-order valence-corrected chi connectivity index (χ1v) is 10.3. The molecule has 0 saturated heterocycles. The Kier molecular flexibility index (Phi) is 4.68. The molecule has 144 valence electrons. The van der Waals surface area contributed by atoms with E-state index in [2.05, 4.69) is 11.1 Å². The Morgan fingerprint density at radius 3 is 2.36 bits per heavy atom.